The van der Waals surface area contributed by atoms with Crippen LogP contribution in [0.1, 0.15) is 49.5 Å². The fourth-order valence-electron chi connectivity index (χ4n) is 5.64. The lowest BCUT2D eigenvalue weighted by Crippen LogP contribution is -2.67. The second-order valence-corrected chi connectivity index (χ2v) is 10.3. The molecule has 2 aromatic carbocycles. The minimum atomic E-state index is -0.604. The van der Waals surface area contributed by atoms with Gasteiger partial charge in [-0.25, -0.2) is 13.8 Å². The number of carbonyl (C=O) groups is 2. The van der Waals surface area contributed by atoms with Gasteiger partial charge in [0.2, 0.25) is 0 Å². The number of rotatable bonds is 6. The molecule has 0 aliphatic heterocycles. The number of nitrogens with one attached hydrogen (secondary N) is 2. The Labute approximate surface area is 212 Å². The van der Waals surface area contributed by atoms with Crippen molar-refractivity contribution < 1.29 is 23.1 Å². The molecule has 6 nitrogen and oxygen atoms in total. The van der Waals surface area contributed by atoms with Crippen LogP contribution in [0.25, 0.3) is 10.9 Å². The van der Waals surface area contributed by atoms with E-state index in [1.807, 2.05) is 0 Å². The third-order valence-electron chi connectivity index (χ3n) is 7.65. The van der Waals surface area contributed by atoms with Crippen molar-refractivity contribution in [2.24, 2.45) is 5.92 Å². The van der Waals surface area contributed by atoms with Crippen molar-refractivity contribution in [3.8, 4) is 5.75 Å². The van der Waals surface area contributed by atoms with E-state index in [0.717, 1.165) is 38.2 Å². The first-order valence-electron chi connectivity index (χ1n) is 11.9. The lowest BCUT2D eigenvalue weighted by molar-refractivity contribution is -0.127. The molecule has 1 atom stereocenters. The Balaban J connectivity index is 1.20. The number of hydrogen-bond donors (Lipinski definition) is 2. The zero-order chi connectivity index (χ0) is 25.5. The molecule has 3 fully saturated rings. The highest BCUT2D eigenvalue weighted by Crippen LogP contribution is 2.50. The maximum atomic E-state index is 13.6. The van der Waals surface area contributed by atoms with Crippen LogP contribution in [-0.4, -0.2) is 34.5 Å². The van der Waals surface area contributed by atoms with Crippen molar-refractivity contribution in [3.05, 3.63) is 70.9 Å². The van der Waals surface area contributed by atoms with E-state index in [2.05, 4.69) is 22.5 Å². The van der Waals surface area contributed by atoms with Gasteiger partial charge in [-0.1, -0.05) is 24.6 Å². The van der Waals surface area contributed by atoms with Gasteiger partial charge in [-0.2, -0.15) is 0 Å². The number of benzene rings is 2. The van der Waals surface area contributed by atoms with Crippen molar-refractivity contribution >= 4 is 34.3 Å². The minimum Gasteiger partial charge on any atom is -0.484 e. The summed E-state index contributed by atoms with van der Waals surface area (Å²) in [5, 5.41) is 6.99. The summed E-state index contributed by atoms with van der Waals surface area (Å²) >= 11 is 5.68. The quantitative estimate of drug-likeness (QED) is 0.476. The Morgan fingerprint density at radius 3 is 2.56 bits per heavy atom. The van der Waals surface area contributed by atoms with Crippen molar-refractivity contribution in [3.63, 3.8) is 0 Å². The Kier molecular flexibility index (Phi) is 6.32. The number of fused-ring (bicyclic) bond motifs is 4. The van der Waals surface area contributed by atoms with Gasteiger partial charge in [0.25, 0.3) is 11.8 Å². The number of carbonyl (C=O) groups excluding carboxylic acids is 2. The predicted molar refractivity (Wildman–Crippen MR) is 132 cm³/mol. The zero-order valence-corrected chi connectivity index (χ0v) is 20.5. The van der Waals surface area contributed by atoms with Gasteiger partial charge in [-0.05, 0) is 74.4 Å². The number of aromatic nitrogens is 1. The average molecular weight is 514 g/mol. The summed E-state index contributed by atoms with van der Waals surface area (Å²) < 4.78 is 32.5. The van der Waals surface area contributed by atoms with Gasteiger partial charge in [0.15, 0.2) is 6.61 Å². The van der Waals surface area contributed by atoms with Crippen LogP contribution in [0.5, 0.6) is 5.75 Å². The second-order valence-electron chi connectivity index (χ2n) is 9.94. The third kappa shape index (κ3) is 4.74. The Bertz CT molecular complexity index is 1340. The third-order valence-corrected chi connectivity index (χ3v) is 7.96. The van der Waals surface area contributed by atoms with Gasteiger partial charge in [-0.15, -0.1) is 0 Å². The molecular formula is C27H26ClF2N3O3. The molecule has 3 aromatic rings. The highest BCUT2D eigenvalue weighted by Gasteiger charge is 2.54. The van der Waals surface area contributed by atoms with Crippen molar-refractivity contribution in [2.45, 2.75) is 50.1 Å². The van der Waals surface area contributed by atoms with Gasteiger partial charge >= 0.3 is 0 Å². The zero-order valence-electron chi connectivity index (χ0n) is 19.7. The number of halogens is 3. The number of amides is 2. The van der Waals surface area contributed by atoms with E-state index in [0.29, 0.717) is 16.6 Å². The minimum absolute atomic E-state index is 0.00792. The molecule has 0 unspecified atom stereocenters. The van der Waals surface area contributed by atoms with Crippen LogP contribution in [0.2, 0.25) is 5.02 Å². The number of pyridine rings is 1. The standard InChI is InChI=1S/C27H26ClF2N3O3/c1-16-14-26(32-24(34)15-36-19-4-5-20(28)21(30)13-19)8-10-27(16,11-9-26)33-25(35)23-6-2-17-12-18(29)3-7-22(17)31-23/h2-7,12-13,16H,8-11,14-15H2,1H3,(H,32,34)(H,33,35)/t16-,26?,27?/m0/s1. The topological polar surface area (TPSA) is 80.3 Å². The first kappa shape index (κ1) is 24.4. The highest BCUT2D eigenvalue weighted by molar-refractivity contribution is 6.30. The molecule has 6 rings (SSSR count). The molecule has 9 heteroatoms. The normalized spacial score (nSPS) is 24.9. The molecule has 1 heterocycles. The van der Waals surface area contributed by atoms with Gasteiger partial charge in [-0.3, -0.25) is 9.59 Å². The first-order chi connectivity index (χ1) is 17.2. The monoisotopic (exact) mass is 513 g/mol. The Hall–Kier alpha value is -3.26. The second kappa shape index (κ2) is 9.32. The van der Waals surface area contributed by atoms with E-state index < -0.39 is 5.82 Å². The molecule has 2 amide bonds. The van der Waals surface area contributed by atoms with Crippen LogP contribution >= 0.6 is 11.6 Å². The van der Waals surface area contributed by atoms with E-state index >= 15 is 0 Å². The Morgan fingerprint density at radius 2 is 1.83 bits per heavy atom. The molecule has 3 aliphatic rings. The van der Waals surface area contributed by atoms with Crippen LogP contribution in [0.15, 0.2) is 48.5 Å². The SMILES string of the molecule is C[C@H]1CC2(NC(=O)COc3ccc(Cl)c(F)c3)CCC1(NC(=O)c1ccc3cc(F)ccc3n1)CC2. The largest absolute Gasteiger partial charge is 0.484 e. The molecule has 2 N–H and O–H groups in total. The fourth-order valence-corrected chi connectivity index (χ4v) is 5.76. The smallest absolute Gasteiger partial charge is 0.270 e. The van der Waals surface area contributed by atoms with Crippen molar-refractivity contribution in [1.82, 2.24) is 15.6 Å². The van der Waals surface area contributed by atoms with E-state index in [9.17, 15) is 18.4 Å². The Morgan fingerprint density at radius 1 is 1.06 bits per heavy atom. The molecule has 0 spiro atoms. The molecular weight excluding hydrogens is 488 g/mol. The molecule has 188 valence electrons. The van der Waals surface area contributed by atoms with E-state index in [1.165, 1.54) is 24.3 Å². The van der Waals surface area contributed by atoms with Crippen molar-refractivity contribution in [1.29, 1.82) is 0 Å². The number of nitrogens with zero attached hydrogens (tertiary/aromatic N) is 1. The van der Waals surface area contributed by atoms with E-state index in [1.54, 1.807) is 18.2 Å². The van der Waals surface area contributed by atoms with Gasteiger partial charge in [0.05, 0.1) is 10.5 Å². The molecule has 2 bridgehead atoms. The predicted octanol–water partition coefficient (Wildman–Crippen LogP) is 5.18. The summed E-state index contributed by atoms with van der Waals surface area (Å²) in [7, 11) is 0. The summed E-state index contributed by atoms with van der Waals surface area (Å²) in [5.74, 6) is -1.11. The van der Waals surface area contributed by atoms with Crippen LogP contribution in [0.4, 0.5) is 8.78 Å². The molecule has 3 aliphatic carbocycles. The number of hydrogen-bond acceptors (Lipinski definition) is 4. The summed E-state index contributed by atoms with van der Waals surface area (Å²) in [4.78, 5) is 30.2. The van der Waals surface area contributed by atoms with Crippen LogP contribution < -0.4 is 15.4 Å². The number of ether oxygens (including phenoxy) is 1. The highest BCUT2D eigenvalue weighted by atomic mass is 35.5. The average Bonchev–Trinajstić information content (AvgIpc) is 2.85. The summed E-state index contributed by atoms with van der Waals surface area (Å²) in [6.45, 7) is 1.86. The maximum absolute atomic E-state index is 13.6. The molecule has 36 heavy (non-hydrogen) atoms. The molecule has 0 saturated heterocycles. The van der Waals surface area contributed by atoms with Gasteiger partial charge in [0, 0.05) is 22.5 Å². The van der Waals surface area contributed by atoms with E-state index in [4.69, 9.17) is 16.3 Å². The fraction of sp³-hybridized carbons (Fsp3) is 0.370. The van der Waals surface area contributed by atoms with Crippen LogP contribution in [0.3, 0.4) is 0 Å². The summed E-state index contributed by atoms with van der Waals surface area (Å²) in [6.07, 6.45) is 3.62. The van der Waals surface area contributed by atoms with Crippen LogP contribution in [0, 0.1) is 17.6 Å². The van der Waals surface area contributed by atoms with Gasteiger partial charge in [0.1, 0.15) is 23.1 Å². The summed E-state index contributed by atoms with van der Waals surface area (Å²) in [5.41, 5.74) is 0.123. The van der Waals surface area contributed by atoms with Gasteiger partial charge < -0.3 is 15.4 Å². The molecule has 1 aromatic heterocycles. The van der Waals surface area contributed by atoms with Crippen LogP contribution in [-0.2, 0) is 4.79 Å². The van der Waals surface area contributed by atoms with Crippen molar-refractivity contribution in [2.75, 3.05) is 6.61 Å². The first-order valence-corrected chi connectivity index (χ1v) is 12.3. The molecule has 0 radical (unpaired) electrons. The maximum Gasteiger partial charge on any atom is 0.270 e. The summed E-state index contributed by atoms with van der Waals surface area (Å²) in [6, 6.07) is 11.6. The molecule has 3 saturated carbocycles. The lowest BCUT2D eigenvalue weighted by Gasteiger charge is -2.57. The lowest BCUT2D eigenvalue weighted by atomic mass is 9.56. The van der Waals surface area contributed by atoms with E-state index in [-0.39, 0.29) is 52.0 Å².